The van der Waals surface area contributed by atoms with Gasteiger partial charge in [0.05, 0.1) is 11.7 Å². The van der Waals surface area contributed by atoms with Gasteiger partial charge in [-0.1, -0.05) is 59.2 Å². The maximum Gasteiger partial charge on any atom is 0.248 e. The number of thiophene rings is 1. The van der Waals surface area contributed by atoms with Crippen LogP contribution in [-0.2, 0) is 0 Å². The Morgan fingerprint density at radius 3 is 2.48 bits per heavy atom. The predicted octanol–water partition coefficient (Wildman–Crippen LogP) is 4.23. The molecule has 0 spiro atoms. The molecule has 1 atom stereocenters. The molecule has 0 aliphatic carbocycles. The third kappa shape index (κ3) is 3.29. The van der Waals surface area contributed by atoms with Gasteiger partial charge in [-0.15, -0.1) is 11.3 Å². The van der Waals surface area contributed by atoms with E-state index in [9.17, 15) is 0 Å². The lowest BCUT2D eigenvalue weighted by atomic mass is 10.0. The molecule has 0 unspecified atom stereocenters. The van der Waals surface area contributed by atoms with Gasteiger partial charge in [0, 0.05) is 4.88 Å². The van der Waals surface area contributed by atoms with Crippen LogP contribution in [0.25, 0.3) is 5.69 Å². The molecule has 124 valence electrons. The first kappa shape index (κ1) is 15.5. The van der Waals surface area contributed by atoms with Crippen LogP contribution in [0.2, 0.25) is 0 Å². The normalized spacial score (nSPS) is 12.0. The lowest BCUT2D eigenvalue weighted by Crippen LogP contribution is -2.15. The van der Waals surface area contributed by atoms with Crippen LogP contribution < -0.4 is 5.32 Å². The number of para-hydroxylation sites is 1. The van der Waals surface area contributed by atoms with E-state index in [1.807, 2.05) is 30.3 Å². The monoisotopic (exact) mass is 347 g/mol. The molecule has 2 aromatic heterocycles. The topological polar surface area (TPSA) is 55.6 Å². The summed E-state index contributed by atoms with van der Waals surface area (Å²) in [6.45, 7) is 2.09. The lowest BCUT2D eigenvalue weighted by Gasteiger charge is -2.18. The Balaban J connectivity index is 1.71. The quantitative estimate of drug-likeness (QED) is 0.587. The smallest absolute Gasteiger partial charge is 0.248 e. The maximum absolute atomic E-state index is 4.18. The molecule has 25 heavy (non-hydrogen) atoms. The number of aryl methyl sites for hydroxylation is 1. The highest BCUT2D eigenvalue weighted by Crippen LogP contribution is 2.29. The average molecular weight is 347 g/mol. The third-order valence-electron chi connectivity index (χ3n) is 3.98. The van der Waals surface area contributed by atoms with E-state index in [0.29, 0.717) is 5.95 Å². The van der Waals surface area contributed by atoms with Gasteiger partial charge in [-0.25, -0.2) is 0 Å². The number of aromatic nitrogens is 4. The second-order valence-corrected chi connectivity index (χ2v) is 6.73. The number of rotatable bonds is 5. The molecule has 0 aliphatic rings. The highest BCUT2D eigenvalue weighted by molar-refractivity contribution is 7.10. The minimum atomic E-state index is -0.00550. The second kappa shape index (κ2) is 6.86. The molecular weight excluding hydrogens is 330 g/mol. The molecule has 5 nitrogen and oxygen atoms in total. The van der Waals surface area contributed by atoms with Crippen LogP contribution in [0.3, 0.4) is 0 Å². The fourth-order valence-corrected chi connectivity index (χ4v) is 3.48. The van der Waals surface area contributed by atoms with Gasteiger partial charge in [0.25, 0.3) is 0 Å². The van der Waals surface area contributed by atoms with E-state index < -0.39 is 0 Å². The van der Waals surface area contributed by atoms with E-state index >= 15 is 0 Å². The molecule has 2 heterocycles. The maximum atomic E-state index is 4.18. The van der Waals surface area contributed by atoms with Crippen LogP contribution in [0.5, 0.6) is 0 Å². The van der Waals surface area contributed by atoms with Crippen molar-refractivity contribution in [2.24, 2.45) is 0 Å². The zero-order chi connectivity index (χ0) is 17.1. The van der Waals surface area contributed by atoms with Crippen LogP contribution in [0.15, 0.2) is 72.1 Å². The molecule has 6 heteroatoms. The molecule has 0 aliphatic heterocycles. The summed E-state index contributed by atoms with van der Waals surface area (Å²) in [5, 5.41) is 17.7. The minimum absolute atomic E-state index is 0.00550. The largest absolute Gasteiger partial charge is 0.341 e. The van der Waals surface area contributed by atoms with Crippen LogP contribution in [0, 0.1) is 6.92 Å². The molecule has 0 saturated carbocycles. The molecular formula is C19H17N5S. The fourth-order valence-electron chi connectivity index (χ4n) is 2.68. The summed E-state index contributed by atoms with van der Waals surface area (Å²) in [5.41, 5.74) is 3.34. The Morgan fingerprint density at radius 1 is 0.960 bits per heavy atom. The lowest BCUT2D eigenvalue weighted by molar-refractivity contribution is 0.786. The molecule has 0 radical (unpaired) electrons. The number of nitrogens with one attached hydrogen (secondary N) is 1. The van der Waals surface area contributed by atoms with Gasteiger partial charge in [0.1, 0.15) is 0 Å². The van der Waals surface area contributed by atoms with Gasteiger partial charge >= 0.3 is 0 Å². The van der Waals surface area contributed by atoms with Crippen molar-refractivity contribution in [2.75, 3.05) is 5.32 Å². The number of hydrogen-bond acceptors (Lipinski definition) is 5. The molecule has 0 saturated heterocycles. The standard InChI is InChI=1S/C19H17N5S/c1-14-9-11-15(12-10-14)18(17-8-5-13-25-17)20-19-21-22-23-24(19)16-6-3-2-4-7-16/h2-13,18H,1H3,(H,20,21,23)/t18-/m0/s1. The number of nitrogens with zero attached hydrogens (tertiary/aromatic N) is 4. The van der Waals surface area contributed by atoms with E-state index in [0.717, 1.165) is 5.69 Å². The zero-order valence-electron chi connectivity index (χ0n) is 13.7. The van der Waals surface area contributed by atoms with Gasteiger partial charge in [0.15, 0.2) is 0 Å². The first-order valence-electron chi connectivity index (χ1n) is 8.01. The number of tetrazole rings is 1. The van der Waals surface area contributed by atoms with Crippen LogP contribution in [0.1, 0.15) is 22.0 Å². The van der Waals surface area contributed by atoms with Crippen LogP contribution >= 0.6 is 11.3 Å². The molecule has 1 N–H and O–H groups in total. The van der Waals surface area contributed by atoms with Crippen molar-refractivity contribution in [2.45, 2.75) is 13.0 Å². The van der Waals surface area contributed by atoms with Crippen molar-refractivity contribution in [3.63, 3.8) is 0 Å². The first-order valence-corrected chi connectivity index (χ1v) is 8.89. The third-order valence-corrected chi connectivity index (χ3v) is 4.92. The number of benzene rings is 2. The highest BCUT2D eigenvalue weighted by Gasteiger charge is 2.19. The Hall–Kier alpha value is -2.99. The van der Waals surface area contributed by atoms with Crippen molar-refractivity contribution in [3.8, 4) is 5.69 Å². The average Bonchev–Trinajstić information content (AvgIpc) is 3.33. The van der Waals surface area contributed by atoms with Crippen molar-refractivity contribution in [3.05, 3.63) is 88.1 Å². The van der Waals surface area contributed by atoms with Gasteiger partial charge in [-0.3, -0.25) is 0 Å². The van der Waals surface area contributed by atoms with Gasteiger partial charge in [-0.05, 0) is 46.5 Å². The first-order chi connectivity index (χ1) is 12.3. The summed E-state index contributed by atoms with van der Waals surface area (Å²) in [6.07, 6.45) is 0. The number of hydrogen-bond donors (Lipinski definition) is 1. The van der Waals surface area contributed by atoms with Crippen LogP contribution in [0.4, 0.5) is 5.95 Å². The molecule has 0 bridgehead atoms. The summed E-state index contributed by atoms with van der Waals surface area (Å²) in [5.74, 6) is 0.616. The second-order valence-electron chi connectivity index (χ2n) is 5.75. The van der Waals surface area contributed by atoms with Crippen molar-refractivity contribution >= 4 is 17.3 Å². The molecule has 4 rings (SSSR count). The van der Waals surface area contributed by atoms with E-state index in [1.165, 1.54) is 16.0 Å². The Bertz CT molecular complexity index is 930. The van der Waals surface area contributed by atoms with E-state index in [1.54, 1.807) is 16.0 Å². The van der Waals surface area contributed by atoms with E-state index in [2.05, 4.69) is 69.5 Å². The Morgan fingerprint density at radius 2 is 1.76 bits per heavy atom. The van der Waals surface area contributed by atoms with E-state index in [-0.39, 0.29) is 6.04 Å². The predicted molar refractivity (Wildman–Crippen MR) is 100 cm³/mol. The summed E-state index contributed by atoms with van der Waals surface area (Å²) >= 11 is 1.71. The van der Waals surface area contributed by atoms with Crippen molar-refractivity contribution < 1.29 is 0 Å². The molecule has 4 aromatic rings. The SMILES string of the molecule is Cc1ccc([C@H](Nc2nnnn2-c2ccccc2)c2cccs2)cc1. The Labute approximate surface area is 150 Å². The van der Waals surface area contributed by atoms with Gasteiger partial charge in [-0.2, -0.15) is 4.68 Å². The molecule has 0 fully saturated rings. The summed E-state index contributed by atoms with van der Waals surface area (Å²) < 4.78 is 1.72. The zero-order valence-corrected chi connectivity index (χ0v) is 14.5. The summed E-state index contributed by atoms with van der Waals surface area (Å²) in [7, 11) is 0. The van der Waals surface area contributed by atoms with E-state index in [4.69, 9.17) is 0 Å². The fraction of sp³-hybridized carbons (Fsp3) is 0.105. The van der Waals surface area contributed by atoms with Crippen molar-refractivity contribution in [1.82, 2.24) is 20.2 Å². The molecule has 0 amide bonds. The van der Waals surface area contributed by atoms with Gasteiger partial charge in [0.2, 0.25) is 5.95 Å². The Kier molecular flexibility index (Phi) is 4.26. The summed E-state index contributed by atoms with van der Waals surface area (Å²) in [4.78, 5) is 1.21. The van der Waals surface area contributed by atoms with Gasteiger partial charge < -0.3 is 5.32 Å². The minimum Gasteiger partial charge on any atom is -0.341 e. The number of anilines is 1. The molecule has 2 aromatic carbocycles. The summed E-state index contributed by atoms with van der Waals surface area (Å²) in [6, 6.07) is 22.6. The van der Waals surface area contributed by atoms with Crippen molar-refractivity contribution in [1.29, 1.82) is 0 Å². The highest BCUT2D eigenvalue weighted by atomic mass is 32.1. The van der Waals surface area contributed by atoms with Crippen LogP contribution in [-0.4, -0.2) is 20.2 Å².